The predicted molar refractivity (Wildman–Crippen MR) is 165 cm³/mol. The van der Waals surface area contributed by atoms with Gasteiger partial charge in [-0.3, -0.25) is 0 Å². The molecule has 3 heteroatoms. The van der Waals surface area contributed by atoms with Gasteiger partial charge < -0.3 is 4.57 Å². The number of hydrogen-bond donors (Lipinski definition) is 0. The van der Waals surface area contributed by atoms with Crippen molar-refractivity contribution in [1.29, 1.82) is 10.5 Å². The van der Waals surface area contributed by atoms with Crippen LogP contribution in [0.25, 0.3) is 49.4 Å². The van der Waals surface area contributed by atoms with Gasteiger partial charge in [0.25, 0.3) is 0 Å². The summed E-state index contributed by atoms with van der Waals surface area (Å²) in [6.45, 7) is 0. The second kappa shape index (κ2) is 8.95. The van der Waals surface area contributed by atoms with Gasteiger partial charge >= 0.3 is 0 Å². The number of benzene rings is 6. The molecule has 0 saturated carbocycles. The van der Waals surface area contributed by atoms with E-state index in [1.54, 1.807) is 6.07 Å². The van der Waals surface area contributed by atoms with Crippen LogP contribution in [0.15, 0.2) is 115 Å². The summed E-state index contributed by atoms with van der Waals surface area (Å²) in [5.41, 5.74) is 12.0. The lowest BCUT2D eigenvalue weighted by Gasteiger charge is -2.22. The fourth-order valence-corrected chi connectivity index (χ4v) is 6.52. The Balaban J connectivity index is 1.19. The minimum absolute atomic E-state index is 0.501. The Bertz CT molecular complexity index is 2200. The van der Waals surface area contributed by atoms with Crippen LogP contribution in [0.3, 0.4) is 0 Å². The molecule has 1 aliphatic carbocycles. The van der Waals surface area contributed by atoms with Crippen molar-refractivity contribution >= 4 is 32.6 Å². The molecule has 0 fully saturated rings. The first-order chi connectivity index (χ1) is 20.2. The van der Waals surface area contributed by atoms with Gasteiger partial charge in [0.15, 0.2) is 0 Å². The molecule has 0 aliphatic heterocycles. The van der Waals surface area contributed by atoms with Crippen LogP contribution < -0.4 is 0 Å². The fourth-order valence-electron chi connectivity index (χ4n) is 6.52. The summed E-state index contributed by atoms with van der Waals surface area (Å²) in [6, 6.07) is 45.0. The molecular formula is C38H23N3. The van der Waals surface area contributed by atoms with E-state index in [0.717, 1.165) is 24.0 Å². The van der Waals surface area contributed by atoms with Crippen LogP contribution in [0.2, 0.25) is 0 Å². The van der Waals surface area contributed by atoms with Crippen molar-refractivity contribution in [2.75, 3.05) is 0 Å². The zero-order chi connectivity index (χ0) is 27.5. The van der Waals surface area contributed by atoms with Crippen LogP contribution in [0, 0.1) is 22.7 Å². The van der Waals surface area contributed by atoms with Crippen LogP contribution in [0.1, 0.15) is 33.4 Å². The largest absolute Gasteiger partial charge is 0.309 e. The molecule has 0 atom stereocenters. The van der Waals surface area contributed by atoms with Gasteiger partial charge in [-0.15, -0.1) is 0 Å². The molecule has 0 bridgehead atoms. The first-order valence-corrected chi connectivity index (χ1v) is 13.8. The summed E-state index contributed by atoms with van der Waals surface area (Å²) >= 11 is 0. The number of nitriles is 2. The summed E-state index contributed by atoms with van der Waals surface area (Å²) in [5.74, 6) is 0. The lowest BCUT2D eigenvalue weighted by atomic mass is 9.84. The molecule has 0 unspecified atom stereocenters. The van der Waals surface area contributed by atoms with Crippen LogP contribution >= 0.6 is 0 Å². The second-order valence-electron chi connectivity index (χ2n) is 10.9. The smallest absolute Gasteiger partial charge is 0.0992 e. The highest BCUT2D eigenvalue weighted by Crippen LogP contribution is 2.36. The van der Waals surface area contributed by atoms with E-state index in [0.29, 0.717) is 11.1 Å². The van der Waals surface area contributed by atoms with Crippen molar-refractivity contribution in [2.24, 2.45) is 0 Å². The van der Waals surface area contributed by atoms with E-state index in [1.165, 1.54) is 60.5 Å². The van der Waals surface area contributed by atoms with E-state index < -0.39 is 0 Å². The van der Waals surface area contributed by atoms with E-state index in [-0.39, 0.29) is 0 Å². The molecule has 0 saturated heterocycles. The molecule has 8 rings (SSSR count). The van der Waals surface area contributed by atoms with Crippen molar-refractivity contribution in [2.45, 2.75) is 12.8 Å². The zero-order valence-corrected chi connectivity index (χ0v) is 22.2. The maximum Gasteiger partial charge on any atom is 0.0992 e. The van der Waals surface area contributed by atoms with Crippen LogP contribution in [-0.4, -0.2) is 4.57 Å². The molecule has 0 radical (unpaired) electrons. The fraction of sp³-hybridized carbons (Fsp3) is 0.0526. The van der Waals surface area contributed by atoms with Gasteiger partial charge in [-0.05, 0) is 106 Å². The van der Waals surface area contributed by atoms with Crippen molar-refractivity contribution in [1.82, 2.24) is 4.57 Å². The third kappa shape index (κ3) is 3.72. The summed E-state index contributed by atoms with van der Waals surface area (Å²) in [5, 5.41) is 23.8. The number of hydrogen-bond acceptors (Lipinski definition) is 2. The molecule has 41 heavy (non-hydrogen) atoms. The highest BCUT2D eigenvalue weighted by Gasteiger charge is 2.19. The highest BCUT2D eigenvalue weighted by molar-refractivity contribution is 6.09. The average Bonchev–Trinajstić information content (AvgIpc) is 3.36. The monoisotopic (exact) mass is 521 g/mol. The summed E-state index contributed by atoms with van der Waals surface area (Å²) in [4.78, 5) is 0. The molecule has 1 aliphatic rings. The molecule has 190 valence electrons. The Hall–Kier alpha value is -5.64. The Labute approximate surface area is 237 Å². The van der Waals surface area contributed by atoms with Crippen LogP contribution in [0.5, 0.6) is 0 Å². The van der Waals surface area contributed by atoms with E-state index in [2.05, 4.69) is 114 Å². The van der Waals surface area contributed by atoms with Crippen molar-refractivity contribution in [3.63, 3.8) is 0 Å². The minimum atomic E-state index is 0.501. The third-order valence-corrected chi connectivity index (χ3v) is 8.47. The maximum absolute atomic E-state index is 9.42. The van der Waals surface area contributed by atoms with Gasteiger partial charge in [0, 0.05) is 16.5 Å². The molecule has 0 N–H and O–H groups in total. The molecule has 0 amide bonds. The van der Waals surface area contributed by atoms with Crippen molar-refractivity contribution in [3.8, 4) is 29.0 Å². The van der Waals surface area contributed by atoms with Gasteiger partial charge in [-0.2, -0.15) is 10.5 Å². The Morgan fingerprint density at radius 3 is 1.78 bits per heavy atom. The number of aromatic nitrogens is 1. The summed E-state index contributed by atoms with van der Waals surface area (Å²) in [6.07, 6.45) is 1.81. The van der Waals surface area contributed by atoms with Crippen molar-refractivity contribution in [3.05, 3.63) is 149 Å². The highest BCUT2D eigenvalue weighted by atomic mass is 15.0. The van der Waals surface area contributed by atoms with Crippen LogP contribution in [0.4, 0.5) is 0 Å². The number of nitrogens with zero attached hydrogens (tertiary/aromatic N) is 3. The topological polar surface area (TPSA) is 52.5 Å². The normalized spacial score (nSPS) is 12.1. The molecule has 3 nitrogen and oxygen atoms in total. The Morgan fingerprint density at radius 2 is 1.10 bits per heavy atom. The minimum Gasteiger partial charge on any atom is -0.309 e. The molecule has 1 aromatic heterocycles. The standard InChI is InChI=1S/C38H23N3/c39-22-24-13-25(23-40)15-29(14-24)26-9-10-27-17-32-20-33-21-34(12-11-28(33)18-31(32)19-30(27)16-26)41-37-7-3-1-5-35(37)36-6-2-4-8-38(36)41/h1-17,19,21H,18,20H2. The SMILES string of the molecule is N#Cc1cc(C#N)cc(-c2ccc3cc4c(cc3c2)Cc2ccc(-n3c5ccccc5c5ccccc53)cc2C4)c1. The predicted octanol–water partition coefficient (Wildman–Crippen LogP) is 8.84. The van der Waals surface area contributed by atoms with Gasteiger partial charge in [-0.25, -0.2) is 0 Å². The first kappa shape index (κ1) is 23.3. The second-order valence-corrected chi connectivity index (χ2v) is 10.9. The van der Waals surface area contributed by atoms with Crippen molar-refractivity contribution < 1.29 is 0 Å². The number of rotatable bonds is 2. The molecular weight excluding hydrogens is 498 g/mol. The first-order valence-electron chi connectivity index (χ1n) is 13.8. The van der Waals surface area contributed by atoms with E-state index in [1.807, 2.05) is 12.1 Å². The van der Waals surface area contributed by atoms with Gasteiger partial charge in [0.05, 0.1) is 34.3 Å². The quantitative estimate of drug-likeness (QED) is 0.228. The third-order valence-electron chi connectivity index (χ3n) is 8.47. The van der Waals surface area contributed by atoms with E-state index in [4.69, 9.17) is 0 Å². The van der Waals surface area contributed by atoms with E-state index >= 15 is 0 Å². The molecule has 1 heterocycles. The van der Waals surface area contributed by atoms with Gasteiger partial charge in [0.1, 0.15) is 0 Å². The Morgan fingerprint density at radius 1 is 0.488 bits per heavy atom. The van der Waals surface area contributed by atoms with Gasteiger partial charge in [0.2, 0.25) is 0 Å². The molecule has 6 aromatic carbocycles. The number of para-hydroxylation sites is 2. The molecule has 7 aromatic rings. The zero-order valence-electron chi connectivity index (χ0n) is 22.2. The van der Waals surface area contributed by atoms with Gasteiger partial charge in [-0.1, -0.05) is 66.7 Å². The lowest BCUT2D eigenvalue weighted by Crippen LogP contribution is -2.08. The Kier molecular flexibility index (Phi) is 5.08. The van der Waals surface area contributed by atoms with E-state index in [9.17, 15) is 10.5 Å². The number of fused-ring (bicyclic) bond motifs is 6. The summed E-state index contributed by atoms with van der Waals surface area (Å²) < 4.78 is 2.39. The maximum atomic E-state index is 9.42. The lowest BCUT2D eigenvalue weighted by molar-refractivity contribution is 0.997. The van der Waals surface area contributed by atoms with Crippen LogP contribution in [-0.2, 0) is 12.8 Å². The summed E-state index contributed by atoms with van der Waals surface area (Å²) in [7, 11) is 0. The molecule has 0 spiro atoms. The average molecular weight is 522 g/mol.